The first kappa shape index (κ1) is 13.3. The maximum atomic E-state index is 12.0. The van der Waals surface area contributed by atoms with E-state index >= 15 is 0 Å². The van der Waals surface area contributed by atoms with Crippen molar-refractivity contribution in [1.82, 2.24) is 4.57 Å². The van der Waals surface area contributed by atoms with Crippen LogP contribution in [0, 0.1) is 6.92 Å². The molecule has 1 N–H and O–H groups in total. The Morgan fingerprint density at radius 3 is 2.68 bits per heavy atom. The molecule has 2 aromatic rings. The Morgan fingerprint density at radius 1 is 1.32 bits per heavy atom. The molecular weight excluding hydrogens is 242 g/mol. The number of nitrogens with zero attached hydrogens (tertiary/aromatic N) is 1. The summed E-state index contributed by atoms with van der Waals surface area (Å²) in [4.78, 5) is 23.0. The normalized spacial score (nSPS) is 10.8. The lowest BCUT2D eigenvalue weighted by Crippen LogP contribution is -2.20. The molecule has 0 fully saturated rings. The number of hydrogen-bond acceptors (Lipinski definition) is 2. The van der Waals surface area contributed by atoms with Crippen molar-refractivity contribution in [3.05, 3.63) is 45.7 Å². The Morgan fingerprint density at radius 2 is 2.05 bits per heavy atom. The first-order chi connectivity index (χ1) is 9.04. The summed E-state index contributed by atoms with van der Waals surface area (Å²) in [6, 6.07) is 6.43. The van der Waals surface area contributed by atoms with Gasteiger partial charge in [-0.1, -0.05) is 13.3 Å². The molecule has 4 nitrogen and oxygen atoms in total. The molecule has 0 atom stereocenters. The first-order valence-electron chi connectivity index (χ1n) is 6.42. The third kappa shape index (κ3) is 2.52. The molecular formula is C15H17NO3. The largest absolute Gasteiger partial charge is 0.478 e. The number of carbonyl (C=O) groups is 1. The molecule has 19 heavy (non-hydrogen) atoms. The minimum absolute atomic E-state index is 0.0351. The molecule has 0 aliphatic heterocycles. The van der Waals surface area contributed by atoms with E-state index in [2.05, 4.69) is 6.92 Å². The minimum atomic E-state index is -0.948. The number of unbranched alkanes of at least 4 members (excludes halogenated alkanes) is 1. The number of hydrogen-bond donors (Lipinski definition) is 1. The Bertz CT molecular complexity index is 686. The van der Waals surface area contributed by atoms with Crippen molar-refractivity contribution >= 4 is 16.9 Å². The standard InChI is InChI=1S/C15H17NO3/c1-3-4-7-16-13(17)6-5-11-9-12(15(18)19)8-10(2)14(11)16/h5-6,8-9H,3-4,7H2,1-2H3,(H,18,19). The van der Waals surface area contributed by atoms with E-state index in [1.165, 1.54) is 6.07 Å². The third-order valence-corrected chi connectivity index (χ3v) is 3.25. The van der Waals surface area contributed by atoms with Crippen LogP contribution in [0.1, 0.15) is 35.7 Å². The summed E-state index contributed by atoms with van der Waals surface area (Å²) in [6.45, 7) is 4.59. The number of benzene rings is 1. The predicted molar refractivity (Wildman–Crippen MR) is 74.8 cm³/mol. The number of rotatable bonds is 4. The van der Waals surface area contributed by atoms with Crippen molar-refractivity contribution in [3.8, 4) is 0 Å². The van der Waals surface area contributed by atoms with Crippen LogP contribution in [0.2, 0.25) is 0 Å². The maximum absolute atomic E-state index is 12.0. The third-order valence-electron chi connectivity index (χ3n) is 3.25. The second-order valence-electron chi connectivity index (χ2n) is 4.71. The molecule has 0 spiro atoms. The lowest BCUT2D eigenvalue weighted by Gasteiger charge is -2.12. The van der Waals surface area contributed by atoms with Crippen LogP contribution in [-0.2, 0) is 6.54 Å². The Balaban J connectivity index is 2.71. The van der Waals surface area contributed by atoms with Crippen LogP contribution >= 0.6 is 0 Å². The number of fused-ring (bicyclic) bond motifs is 1. The van der Waals surface area contributed by atoms with E-state index < -0.39 is 5.97 Å². The average Bonchev–Trinajstić information content (AvgIpc) is 2.37. The van der Waals surface area contributed by atoms with Crippen LogP contribution in [0.15, 0.2) is 29.1 Å². The Labute approximate surface area is 111 Å². The van der Waals surface area contributed by atoms with Gasteiger partial charge < -0.3 is 9.67 Å². The highest BCUT2D eigenvalue weighted by molar-refractivity contribution is 5.94. The smallest absolute Gasteiger partial charge is 0.335 e. The second-order valence-corrected chi connectivity index (χ2v) is 4.71. The van der Waals surface area contributed by atoms with Crippen LogP contribution in [-0.4, -0.2) is 15.6 Å². The van der Waals surface area contributed by atoms with Gasteiger partial charge in [0.15, 0.2) is 0 Å². The molecule has 0 bridgehead atoms. The summed E-state index contributed by atoms with van der Waals surface area (Å²) in [5.74, 6) is -0.948. The number of carboxylic acid groups (broad SMARTS) is 1. The lowest BCUT2D eigenvalue weighted by atomic mass is 10.1. The van der Waals surface area contributed by atoms with E-state index in [4.69, 9.17) is 5.11 Å². The van der Waals surface area contributed by atoms with E-state index in [9.17, 15) is 9.59 Å². The topological polar surface area (TPSA) is 59.3 Å². The SMILES string of the molecule is CCCCn1c(=O)ccc2cc(C(=O)O)cc(C)c21. The van der Waals surface area contributed by atoms with Crippen LogP contribution in [0.4, 0.5) is 0 Å². The quantitative estimate of drug-likeness (QED) is 0.918. The zero-order valence-electron chi connectivity index (χ0n) is 11.1. The summed E-state index contributed by atoms with van der Waals surface area (Å²) in [7, 11) is 0. The van der Waals surface area contributed by atoms with E-state index in [1.807, 2.05) is 6.92 Å². The van der Waals surface area contributed by atoms with Crippen molar-refractivity contribution in [2.75, 3.05) is 0 Å². The van der Waals surface area contributed by atoms with Crippen LogP contribution < -0.4 is 5.56 Å². The van der Waals surface area contributed by atoms with Gasteiger partial charge in [-0.2, -0.15) is 0 Å². The van der Waals surface area contributed by atoms with E-state index in [0.29, 0.717) is 6.54 Å². The van der Waals surface area contributed by atoms with Gasteiger partial charge in [-0.3, -0.25) is 4.79 Å². The van der Waals surface area contributed by atoms with Crippen molar-refractivity contribution in [3.63, 3.8) is 0 Å². The molecule has 4 heteroatoms. The fourth-order valence-corrected chi connectivity index (χ4v) is 2.33. The summed E-state index contributed by atoms with van der Waals surface area (Å²) in [6.07, 6.45) is 1.94. The van der Waals surface area contributed by atoms with Gasteiger partial charge in [0.1, 0.15) is 0 Å². The highest BCUT2D eigenvalue weighted by Gasteiger charge is 2.10. The number of pyridine rings is 1. The van der Waals surface area contributed by atoms with E-state index in [-0.39, 0.29) is 11.1 Å². The highest BCUT2D eigenvalue weighted by atomic mass is 16.4. The van der Waals surface area contributed by atoms with Gasteiger partial charge >= 0.3 is 5.97 Å². The molecule has 0 amide bonds. The molecule has 2 rings (SSSR count). The highest BCUT2D eigenvalue weighted by Crippen LogP contribution is 2.20. The Hall–Kier alpha value is -2.10. The zero-order valence-corrected chi connectivity index (χ0v) is 11.1. The summed E-state index contributed by atoms with van der Waals surface area (Å²) >= 11 is 0. The van der Waals surface area contributed by atoms with Crippen molar-refractivity contribution in [2.45, 2.75) is 33.2 Å². The van der Waals surface area contributed by atoms with Crippen LogP contribution in [0.3, 0.4) is 0 Å². The number of carboxylic acids is 1. The lowest BCUT2D eigenvalue weighted by molar-refractivity contribution is 0.0697. The fraction of sp³-hybridized carbons (Fsp3) is 0.333. The molecule has 0 saturated heterocycles. The molecule has 1 aromatic heterocycles. The van der Waals surface area contributed by atoms with Gasteiger partial charge in [0.25, 0.3) is 5.56 Å². The van der Waals surface area contributed by atoms with Gasteiger partial charge in [-0.25, -0.2) is 4.79 Å². The first-order valence-corrected chi connectivity index (χ1v) is 6.42. The van der Waals surface area contributed by atoms with Gasteiger partial charge in [0.05, 0.1) is 11.1 Å². The maximum Gasteiger partial charge on any atom is 0.335 e. The van der Waals surface area contributed by atoms with Crippen LogP contribution in [0.5, 0.6) is 0 Å². The molecule has 0 saturated carbocycles. The van der Waals surface area contributed by atoms with Gasteiger partial charge in [0, 0.05) is 12.6 Å². The average molecular weight is 259 g/mol. The zero-order chi connectivity index (χ0) is 14.0. The van der Waals surface area contributed by atoms with Gasteiger partial charge in [0.2, 0.25) is 0 Å². The fourth-order valence-electron chi connectivity index (χ4n) is 2.33. The molecule has 0 unspecified atom stereocenters. The molecule has 1 heterocycles. The van der Waals surface area contributed by atoms with E-state index in [1.54, 1.807) is 22.8 Å². The Kier molecular flexibility index (Phi) is 3.69. The molecule has 1 aromatic carbocycles. The summed E-state index contributed by atoms with van der Waals surface area (Å²) in [5.41, 5.74) is 1.88. The van der Waals surface area contributed by atoms with Gasteiger partial charge in [-0.15, -0.1) is 0 Å². The minimum Gasteiger partial charge on any atom is -0.478 e. The molecule has 0 aliphatic carbocycles. The van der Waals surface area contributed by atoms with Crippen molar-refractivity contribution in [1.29, 1.82) is 0 Å². The number of aromatic nitrogens is 1. The van der Waals surface area contributed by atoms with Crippen molar-refractivity contribution < 1.29 is 9.90 Å². The molecule has 0 radical (unpaired) electrons. The number of aromatic carboxylic acids is 1. The molecule has 100 valence electrons. The van der Waals surface area contributed by atoms with Crippen LogP contribution in [0.25, 0.3) is 10.9 Å². The summed E-state index contributed by atoms with van der Waals surface area (Å²) in [5, 5.41) is 9.86. The second kappa shape index (κ2) is 5.26. The van der Waals surface area contributed by atoms with Crippen molar-refractivity contribution in [2.24, 2.45) is 0 Å². The van der Waals surface area contributed by atoms with E-state index in [0.717, 1.165) is 29.3 Å². The van der Waals surface area contributed by atoms with Gasteiger partial charge in [-0.05, 0) is 42.5 Å². The summed E-state index contributed by atoms with van der Waals surface area (Å²) < 4.78 is 1.74. The molecule has 0 aliphatic rings. The number of aryl methyl sites for hydroxylation is 2. The monoisotopic (exact) mass is 259 g/mol. The predicted octanol–water partition coefficient (Wildman–Crippen LogP) is 2.81.